The van der Waals surface area contributed by atoms with Gasteiger partial charge in [-0.1, -0.05) is 24.3 Å². The maximum Gasteiger partial charge on any atom is 0.159 e. The van der Waals surface area contributed by atoms with E-state index in [1.54, 1.807) is 12.5 Å². The molecule has 0 bridgehead atoms. The molecule has 0 spiro atoms. The first-order valence-electron chi connectivity index (χ1n) is 5.93. The van der Waals surface area contributed by atoms with Crippen LogP contribution in [0.15, 0.2) is 64.0 Å². The van der Waals surface area contributed by atoms with E-state index < -0.39 is 0 Å². The van der Waals surface area contributed by atoms with Gasteiger partial charge in [0.25, 0.3) is 0 Å². The van der Waals surface area contributed by atoms with E-state index in [2.05, 4.69) is 33.0 Å². The van der Waals surface area contributed by atoms with Crippen LogP contribution < -0.4 is 0 Å². The molecule has 4 aromatic rings. The Morgan fingerprint density at radius 1 is 1.00 bits per heavy atom. The van der Waals surface area contributed by atoms with Gasteiger partial charge in [0, 0.05) is 23.2 Å². The van der Waals surface area contributed by atoms with Crippen LogP contribution in [0.5, 0.6) is 0 Å². The Kier molecular flexibility index (Phi) is 2.26. The second-order valence-electron chi connectivity index (χ2n) is 4.34. The number of rotatable bonds is 1. The largest absolute Gasteiger partial charge is 0.453 e. The number of hydrogen-bond donors (Lipinski definition) is 0. The maximum absolute atomic E-state index is 6.04. The molecular formula is C15H9BrN2O. The SMILES string of the molecule is Brc1cccc2c1oc1c(-n3ccnc3)cccc12. The molecule has 92 valence electrons. The van der Waals surface area contributed by atoms with Crippen molar-refractivity contribution in [3.8, 4) is 5.69 Å². The monoisotopic (exact) mass is 312 g/mol. The van der Waals surface area contributed by atoms with Crippen LogP contribution in [-0.4, -0.2) is 9.55 Å². The molecule has 19 heavy (non-hydrogen) atoms. The number of furan rings is 1. The van der Waals surface area contributed by atoms with E-state index in [4.69, 9.17) is 4.42 Å². The molecule has 0 aliphatic carbocycles. The van der Waals surface area contributed by atoms with Crippen molar-refractivity contribution in [2.75, 3.05) is 0 Å². The highest BCUT2D eigenvalue weighted by Gasteiger charge is 2.12. The first kappa shape index (κ1) is 10.8. The number of halogens is 1. The van der Waals surface area contributed by atoms with Crippen molar-refractivity contribution < 1.29 is 4.42 Å². The molecule has 3 nitrogen and oxygen atoms in total. The summed E-state index contributed by atoms with van der Waals surface area (Å²) in [6.07, 6.45) is 5.45. The van der Waals surface area contributed by atoms with Crippen molar-refractivity contribution in [2.45, 2.75) is 0 Å². The molecule has 2 heterocycles. The van der Waals surface area contributed by atoms with Crippen LogP contribution >= 0.6 is 15.9 Å². The van der Waals surface area contributed by atoms with Gasteiger partial charge in [0.15, 0.2) is 5.58 Å². The van der Waals surface area contributed by atoms with E-state index in [0.717, 1.165) is 32.1 Å². The van der Waals surface area contributed by atoms with Gasteiger partial charge in [-0.3, -0.25) is 0 Å². The molecule has 0 saturated carbocycles. The summed E-state index contributed by atoms with van der Waals surface area (Å²) in [7, 11) is 0. The van der Waals surface area contributed by atoms with Crippen LogP contribution in [0, 0.1) is 0 Å². The molecule has 0 aliphatic heterocycles. The summed E-state index contributed by atoms with van der Waals surface area (Å²) >= 11 is 3.54. The van der Waals surface area contributed by atoms with Crippen LogP contribution in [0.25, 0.3) is 27.6 Å². The number of benzene rings is 2. The predicted octanol–water partition coefficient (Wildman–Crippen LogP) is 4.53. The van der Waals surface area contributed by atoms with E-state index >= 15 is 0 Å². The van der Waals surface area contributed by atoms with Crippen LogP contribution in [-0.2, 0) is 0 Å². The number of fused-ring (bicyclic) bond motifs is 3. The highest BCUT2D eigenvalue weighted by molar-refractivity contribution is 9.10. The van der Waals surface area contributed by atoms with Gasteiger partial charge in [0.2, 0.25) is 0 Å². The van der Waals surface area contributed by atoms with Gasteiger partial charge in [-0.15, -0.1) is 0 Å². The van der Waals surface area contributed by atoms with Crippen LogP contribution in [0.4, 0.5) is 0 Å². The molecule has 0 saturated heterocycles. The molecule has 4 rings (SSSR count). The van der Waals surface area contributed by atoms with E-state index in [1.807, 2.05) is 35.0 Å². The minimum Gasteiger partial charge on any atom is -0.453 e. The average molecular weight is 313 g/mol. The fraction of sp³-hybridized carbons (Fsp3) is 0. The zero-order valence-electron chi connectivity index (χ0n) is 9.88. The van der Waals surface area contributed by atoms with E-state index in [0.29, 0.717) is 0 Å². The van der Waals surface area contributed by atoms with Crippen molar-refractivity contribution in [3.05, 3.63) is 59.6 Å². The summed E-state index contributed by atoms with van der Waals surface area (Å²) in [5.74, 6) is 0. The van der Waals surface area contributed by atoms with Gasteiger partial charge in [0.1, 0.15) is 5.58 Å². The van der Waals surface area contributed by atoms with Gasteiger partial charge in [-0.05, 0) is 28.1 Å². The molecule has 0 amide bonds. The van der Waals surface area contributed by atoms with Gasteiger partial charge in [-0.2, -0.15) is 0 Å². The Bertz CT molecular complexity index is 878. The third kappa shape index (κ3) is 1.53. The molecule has 0 unspecified atom stereocenters. The molecule has 2 aromatic carbocycles. The highest BCUT2D eigenvalue weighted by Crippen LogP contribution is 2.35. The Balaban J connectivity index is 2.18. The number of nitrogens with zero attached hydrogens (tertiary/aromatic N) is 2. The lowest BCUT2D eigenvalue weighted by atomic mass is 10.1. The molecule has 0 radical (unpaired) electrons. The molecule has 0 atom stereocenters. The fourth-order valence-electron chi connectivity index (χ4n) is 2.38. The van der Waals surface area contributed by atoms with Gasteiger partial charge >= 0.3 is 0 Å². The number of hydrogen-bond acceptors (Lipinski definition) is 2. The number of para-hydroxylation sites is 2. The highest BCUT2D eigenvalue weighted by atomic mass is 79.9. The summed E-state index contributed by atoms with van der Waals surface area (Å²) in [5.41, 5.74) is 2.76. The van der Waals surface area contributed by atoms with Crippen LogP contribution in [0.3, 0.4) is 0 Å². The summed E-state index contributed by atoms with van der Waals surface area (Å²) in [6, 6.07) is 12.2. The normalized spacial score (nSPS) is 11.4. The second-order valence-corrected chi connectivity index (χ2v) is 5.20. The standard InChI is InChI=1S/C15H9BrN2O/c16-12-5-1-3-10-11-4-2-6-13(15(11)19-14(10)12)18-8-7-17-9-18/h1-9H. The number of aromatic nitrogens is 2. The molecule has 2 aromatic heterocycles. The van der Waals surface area contributed by atoms with Crippen molar-refractivity contribution in [1.29, 1.82) is 0 Å². The zero-order valence-corrected chi connectivity index (χ0v) is 11.5. The average Bonchev–Trinajstić information content (AvgIpc) is 3.06. The third-order valence-corrected chi connectivity index (χ3v) is 3.86. The fourth-order valence-corrected chi connectivity index (χ4v) is 2.82. The maximum atomic E-state index is 6.04. The first-order valence-corrected chi connectivity index (χ1v) is 6.72. The summed E-state index contributed by atoms with van der Waals surface area (Å²) in [4.78, 5) is 4.09. The van der Waals surface area contributed by atoms with E-state index in [-0.39, 0.29) is 0 Å². The predicted molar refractivity (Wildman–Crippen MR) is 78.5 cm³/mol. The minimum atomic E-state index is 0.877. The Labute approximate surface area is 117 Å². The topological polar surface area (TPSA) is 31.0 Å². The number of imidazole rings is 1. The molecular weight excluding hydrogens is 304 g/mol. The Morgan fingerprint density at radius 3 is 2.58 bits per heavy atom. The molecule has 0 N–H and O–H groups in total. The first-order chi connectivity index (χ1) is 9.34. The zero-order chi connectivity index (χ0) is 12.8. The van der Waals surface area contributed by atoms with E-state index in [1.165, 1.54) is 0 Å². The summed E-state index contributed by atoms with van der Waals surface area (Å²) < 4.78 is 8.97. The summed E-state index contributed by atoms with van der Waals surface area (Å²) in [5, 5.41) is 2.23. The lowest BCUT2D eigenvalue weighted by molar-refractivity contribution is 0.663. The van der Waals surface area contributed by atoms with Crippen molar-refractivity contribution in [3.63, 3.8) is 0 Å². The lowest BCUT2D eigenvalue weighted by Crippen LogP contribution is -1.89. The van der Waals surface area contributed by atoms with Gasteiger partial charge in [-0.25, -0.2) is 4.98 Å². The molecule has 0 aliphatic rings. The van der Waals surface area contributed by atoms with Gasteiger partial charge < -0.3 is 8.98 Å². The smallest absolute Gasteiger partial charge is 0.159 e. The second kappa shape index (κ2) is 3.96. The van der Waals surface area contributed by atoms with Crippen molar-refractivity contribution in [1.82, 2.24) is 9.55 Å². The molecule has 4 heteroatoms. The van der Waals surface area contributed by atoms with Gasteiger partial charge in [0.05, 0.1) is 16.5 Å². The van der Waals surface area contributed by atoms with Crippen molar-refractivity contribution >= 4 is 37.9 Å². The van der Waals surface area contributed by atoms with Crippen LogP contribution in [0.1, 0.15) is 0 Å². The van der Waals surface area contributed by atoms with E-state index in [9.17, 15) is 0 Å². The van der Waals surface area contributed by atoms with Crippen LogP contribution in [0.2, 0.25) is 0 Å². The quantitative estimate of drug-likeness (QED) is 0.517. The Hall–Kier alpha value is -2.07. The minimum absolute atomic E-state index is 0.877. The van der Waals surface area contributed by atoms with Crippen molar-refractivity contribution in [2.24, 2.45) is 0 Å². The third-order valence-electron chi connectivity index (χ3n) is 3.24. The lowest BCUT2D eigenvalue weighted by Gasteiger charge is -2.01. The summed E-state index contributed by atoms with van der Waals surface area (Å²) in [6.45, 7) is 0. The Morgan fingerprint density at radius 2 is 1.79 bits per heavy atom. The molecule has 0 fully saturated rings.